The summed E-state index contributed by atoms with van der Waals surface area (Å²) in [7, 11) is 0. The van der Waals surface area contributed by atoms with E-state index in [0.717, 1.165) is 17.3 Å². The summed E-state index contributed by atoms with van der Waals surface area (Å²) in [4.78, 5) is 0. The van der Waals surface area contributed by atoms with E-state index in [1.165, 1.54) is 0 Å². The van der Waals surface area contributed by atoms with Gasteiger partial charge in [-0.1, -0.05) is 33.6 Å². The fourth-order valence-corrected chi connectivity index (χ4v) is 3.99. The third kappa shape index (κ3) is 2.00. The van der Waals surface area contributed by atoms with Crippen molar-refractivity contribution < 1.29 is 9.84 Å². The van der Waals surface area contributed by atoms with Crippen LogP contribution in [0.3, 0.4) is 0 Å². The van der Waals surface area contributed by atoms with Crippen LogP contribution in [-0.2, 0) is 4.74 Å². The van der Waals surface area contributed by atoms with Crippen LogP contribution in [0.25, 0.3) is 0 Å². The van der Waals surface area contributed by atoms with Crippen LogP contribution in [0.2, 0.25) is 5.02 Å². The number of hydrogen-bond acceptors (Lipinski definition) is 3. The number of aliphatic hydroxyl groups excluding tert-OH is 1. The first kappa shape index (κ1) is 13.4. The lowest BCUT2D eigenvalue weighted by Crippen LogP contribution is -2.37. The second kappa shape index (κ2) is 4.75. The average molecular weight is 343 g/mol. The second-order valence-corrected chi connectivity index (χ2v) is 6.57. The maximum Gasteiger partial charge on any atom is 0.116 e. The molecule has 19 heavy (non-hydrogen) atoms. The fraction of sp³-hybridized carbons (Fsp3) is 0.500. The summed E-state index contributed by atoms with van der Waals surface area (Å²) in [6, 6.07) is 7.63. The summed E-state index contributed by atoms with van der Waals surface area (Å²) in [6.07, 6.45) is 1.42. The molecule has 2 heterocycles. The Labute approximate surface area is 125 Å². The van der Waals surface area contributed by atoms with Gasteiger partial charge in [0.2, 0.25) is 0 Å². The third-order valence-electron chi connectivity index (χ3n) is 4.20. The molecule has 4 unspecified atom stereocenters. The van der Waals surface area contributed by atoms with Crippen molar-refractivity contribution in [3.63, 3.8) is 0 Å². The normalized spacial score (nSPS) is 34.2. The van der Waals surface area contributed by atoms with E-state index < -0.39 is 11.5 Å². The topological polar surface area (TPSA) is 53.2 Å². The summed E-state index contributed by atoms with van der Waals surface area (Å²) in [5.41, 5.74) is -0.261. The van der Waals surface area contributed by atoms with Crippen LogP contribution in [-0.4, -0.2) is 17.3 Å². The van der Waals surface area contributed by atoms with E-state index in [2.05, 4.69) is 22.0 Å². The number of benzene rings is 1. The molecule has 0 amide bonds. The van der Waals surface area contributed by atoms with Crippen molar-refractivity contribution in [2.24, 2.45) is 5.41 Å². The molecule has 0 radical (unpaired) electrons. The molecule has 2 bridgehead atoms. The standard InChI is InChI=1S/C14H13BrClNO2/c15-8-1-3-10(11(16)5-8)13(18)14(7-17)6-9-2-4-12(14)19-9/h1,3,5,9,12-13,18H,2,4,6H2. The van der Waals surface area contributed by atoms with Crippen molar-refractivity contribution in [1.82, 2.24) is 0 Å². The molecule has 5 heteroatoms. The Morgan fingerprint density at radius 1 is 1.53 bits per heavy atom. The number of rotatable bonds is 2. The number of nitriles is 1. The average Bonchev–Trinajstić information content (AvgIpc) is 2.98. The number of fused-ring (bicyclic) bond motifs is 2. The SMILES string of the molecule is N#CC1(C(O)c2ccc(Br)cc2Cl)CC2CCC1O2. The minimum atomic E-state index is -0.909. The van der Waals surface area contributed by atoms with Gasteiger partial charge in [0, 0.05) is 15.1 Å². The van der Waals surface area contributed by atoms with Gasteiger partial charge < -0.3 is 9.84 Å². The minimum Gasteiger partial charge on any atom is -0.387 e. The van der Waals surface area contributed by atoms with Gasteiger partial charge >= 0.3 is 0 Å². The van der Waals surface area contributed by atoms with E-state index >= 15 is 0 Å². The molecule has 4 atom stereocenters. The zero-order chi connectivity index (χ0) is 13.6. The molecule has 0 saturated carbocycles. The van der Waals surface area contributed by atoms with E-state index in [1.807, 2.05) is 6.07 Å². The van der Waals surface area contributed by atoms with Gasteiger partial charge in [-0.2, -0.15) is 5.26 Å². The van der Waals surface area contributed by atoms with Crippen molar-refractivity contribution in [2.45, 2.75) is 37.6 Å². The van der Waals surface area contributed by atoms with Gasteiger partial charge in [-0.25, -0.2) is 0 Å². The quantitative estimate of drug-likeness (QED) is 0.893. The van der Waals surface area contributed by atoms with Gasteiger partial charge in [-0.3, -0.25) is 0 Å². The van der Waals surface area contributed by atoms with Crippen LogP contribution in [0.4, 0.5) is 0 Å². The highest BCUT2D eigenvalue weighted by molar-refractivity contribution is 9.10. The smallest absolute Gasteiger partial charge is 0.116 e. The number of ether oxygens (including phenoxy) is 1. The first-order chi connectivity index (χ1) is 9.06. The zero-order valence-corrected chi connectivity index (χ0v) is 12.5. The van der Waals surface area contributed by atoms with Gasteiger partial charge in [0.15, 0.2) is 0 Å². The predicted octanol–water partition coefficient (Wildman–Crippen LogP) is 3.60. The Morgan fingerprint density at radius 2 is 2.32 bits per heavy atom. The lowest BCUT2D eigenvalue weighted by Gasteiger charge is -2.33. The zero-order valence-electron chi connectivity index (χ0n) is 10.1. The molecule has 1 N–H and O–H groups in total. The van der Waals surface area contributed by atoms with Crippen molar-refractivity contribution in [2.75, 3.05) is 0 Å². The van der Waals surface area contributed by atoms with E-state index in [0.29, 0.717) is 17.0 Å². The molecule has 0 spiro atoms. The summed E-state index contributed by atoms with van der Waals surface area (Å²) < 4.78 is 6.60. The van der Waals surface area contributed by atoms with Crippen molar-refractivity contribution in [3.05, 3.63) is 33.3 Å². The molecule has 1 aromatic carbocycles. The molecular weight excluding hydrogens is 330 g/mol. The largest absolute Gasteiger partial charge is 0.387 e. The summed E-state index contributed by atoms with van der Waals surface area (Å²) in [5.74, 6) is 0. The molecule has 0 aromatic heterocycles. The molecule has 3 nitrogen and oxygen atoms in total. The summed E-state index contributed by atoms with van der Waals surface area (Å²) in [6.45, 7) is 0. The van der Waals surface area contributed by atoms with Crippen LogP contribution in [0.5, 0.6) is 0 Å². The monoisotopic (exact) mass is 341 g/mol. The van der Waals surface area contributed by atoms with E-state index in [4.69, 9.17) is 16.3 Å². The van der Waals surface area contributed by atoms with Crippen LogP contribution >= 0.6 is 27.5 Å². The van der Waals surface area contributed by atoms with Crippen molar-refractivity contribution in [3.8, 4) is 6.07 Å². The molecule has 0 aliphatic carbocycles. The maximum atomic E-state index is 10.7. The Balaban J connectivity index is 1.99. The van der Waals surface area contributed by atoms with E-state index in [9.17, 15) is 10.4 Å². The molecule has 2 fully saturated rings. The highest BCUT2D eigenvalue weighted by Gasteiger charge is 2.57. The molecule has 2 aliphatic heterocycles. The van der Waals surface area contributed by atoms with Crippen LogP contribution in [0.1, 0.15) is 30.9 Å². The molecule has 1 aromatic rings. The third-order valence-corrected chi connectivity index (χ3v) is 5.02. The van der Waals surface area contributed by atoms with Gasteiger partial charge in [-0.15, -0.1) is 0 Å². The minimum absolute atomic E-state index is 0.105. The van der Waals surface area contributed by atoms with E-state index in [1.54, 1.807) is 12.1 Å². The first-order valence-electron chi connectivity index (χ1n) is 6.26. The number of halogens is 2. The van der Waals surface area contributed by atoms with Gasteiger partial charge in [-0.05, 0) is 31.4 Å². The highest BCUT2D eigenvalue weighted by Crippen LogP contribution is 2.54. The first-order valence-corrected chi connectivity index (χ1v) is 7.43. The molecule has 100 valence electrons. The van der Waals surface area contributed by atoms with Gasteiger partial charge in [0.1, 0.15) is 11.5 Å². The molecule has 3 rings (SSSR count). The lowest BCUT2D eigenvalue weighted by atomic mass is 9.69. The molecular formula is C14H13BrClNO2. The number of hydrogen-bond donors (Lipinski definition) is 1. The number of nitrogens with zero attached hydrogens (tertiary/aromatic N) is 1. The van der Waals surface area contributed by atoms with Crippen molar-refractivity contribution in [1.29, 1.82) is 5.26 Å². The maximum absolute atomic E-state index is 10.7. The predicted molar refractivity (Wildman–Crippen MR) is 74.7 cm³/mol. The Hall–Kier alpha value is -0.600. The molecule has 2 aliphatic rings. The van der Waals surface area contributed by atoms with Gasteiger partial charge in [0.25, 0.3) is 0 Å². The van der Waals surface area contributed by atoms with Crippen LogP contribution in [0, 0.1) is 16.7 Å². The highest BCUT2D eigenvalue weighted by atomic mass is 79.9. The Bertz CT molecular complexity index is 559. The summed E-state index contributed by atoms with van der Waals surface area (Å²) in [5, 5.41) is 20.7. The Morgan fingerprint density at radius 3 is 2.84 bits per heavy atom. The lowest BCUT2D eigenvalue weighted by molar-refractivity contribution is 0.00347. The summed E-state index contributed by atoms with van der Waals surface area (Å²) >= 11 is 9.52. The van der Waals surface area contributed by atoms with E-state index in [-0.39, 0.29) is 12.2 Å². The Kier molecular flexibility index (Phi) is 3.34. The fourth-order valence-electron chi connectivity index (χ4n) is 3.21. The van der Waals surface area contributed by atoms with Crippen LogP contribution in [0.15, 0.2) is 22.7 Å². The van der Waals surface area contributed by atoms with Crippen LogP contribution < -0.4 is 0 Å². The molecule has 2 saturated heterocycles. The van der Waals surface area contributed by atoms with Crippen molar-refractivity contribution >= 4 is 27.5 Å². The second-order valence-electron chi connectivity index (χ2n) is 5.25. The van der Waals surface area contributed by atoms with Gasteiger partial charge in [0.05, 0.1) is 18.3 Å². The number of aliphatic hydroxyl groups is 1.